The third-order valence-electron chi connectivity index (χ3n) is 1.13. The van der Waals surface area contributed by atoms with Gasteiger partial charge in [0.1, 0.15) is 16.0 Å². The minimum absolute atomic E-state index is 0.0910. The summed E-state index contributed by atoms with van der Waals surface area (Å²) in [6.45, 7) is 1.74. The predicted molar refractivity (Wildman–Crippen MR) is 40.4 cm³/mol. The maximum Gasteiger partial charge on any atom is 0.163 e. The van der Waals surface area contributed by atoms with Gasteiger partial charge in [0.05, 0.1) is 0 Å². The van der Waals surface area contributed by atoms with E-state index in [0.29, 0.717) is 0 Å². The first-order valence-corrected chi connectivity index (χ1v) is 3.74. The Kier molecular flexibility index (Phi) is 1.84. The average molecular weight is 174 g/mol. The van der Waals surface area contributed by atoms with Crippen molar-refractivity contribution in [3.63, 3.8) is 0 Å². The number of nitrogens with zero attached hydrogens (tertiary/aromatic N) is 1. The molecule has 1 aromatic heterocycles. The third-order valence-corrected chi connectivity index (χ3v) is 2.42. The van der Waals surface area contributed by atoms with E-state index < -0.39 is 0 Å². The van der Waals surface area contributed by atoms with Crippen LogP contribution in [0.25, 0.3) is 0 Å². The first kappa shape index (κ1) is 7.39. The maximum atomic E-state index is 9.07. The minimum atomic E-state index is -0.0910. The molecule has 0 fully saturated rings. The summed E-state index contributed by atoms with van der Waals surface area (Å²) in [4.78, 5) is 0.755. The largest absolute Gasteiger partial charge is 0.504 e. The van der Waals surface area contributed by atoms with Crippen LogP contribution in [0.1, 0.15) is 10.4 Å². The standard InChI is InChI=1S/C6H4ClNOS/c1-3-4(2-8)5(9)6(7)10-3/h9H,1H3. The molecular formula is C6H4ClNOS. The monoisotopic (exact) mass is 173 g/mol. The molecule has 52 valence electrons. The Bertz CT molecular complexity index is 299. The lowest BCUT2D eigenvalue weighted by Gasteiger charge is -1.84. The summed E-state index contributed by atoms with van der Waals surface area (Å²) >= 11 is 6.74. The number of halogens is 1. The zero-order valence-corrected chi connectivity index (χ0v) is 6.75. The molecule has 0 aliphatic heterocycles. The second-order valence-electron chi connectivity index (χ2n) is 1.77. The fraction of sp³-hybridized carbons (Fsp3) is 0.167. The molecule has 1 aromatic rings. The van der Waals surface area contributed by atoms with Crippen molar-refractivity contribution in [2.24, 2.45) is 0 Å². The molecule has 1 rings (SSSR count). The minimum Gasteiger partial charge on any atom is -0.504 e. The van der Waals surface area contributed by atoms with Crippen molar-refractivity contribution >= 4 is 22.9 Å². The lowest BCUT2D eigenvalue weighted by molar-refractivity contribution is 0.476. The van der Waals surface area contributed by atoms with E-state index >= 15 is 0 Å². The second kappa shape index (κ2) is 2.49. The van der Waals surface area contributed by atoms with Gasteiger partial charge in [-0.3, -0.25) is 0 Å². The van der Waals surface area contributed by atoms with E-state index in [9.17, 15) is 0 Å². The molecule has 1 heterocycles. The van der Waals surface area contributed by atoms with Gasteiger partial charge in [-0.25, -0.2) is 0 Å². The Hall–Kier alpha value is -0.720. The van der Waals surface area contributed by atoms with Crippen molar-refractivity contribution in [2.45, 2.75) is 6.92 Å². The first-order valence-electron chi connectivity index (χ1n) is 2.54. The van der Waals surface area contributed by atoms with E-state index in [1.807, 2.05) is 6.07 Å². The molecule has 0 aromatic carbocycles. The maximum absolute atomic E-state index is 9.07. The number of aromatic hydroxyl groups is 1. The van der Waals surface area contributed by atoms with Crippen LogP contribution in [0.15, 0.2) is 0 Å². The average Bonchev–Trinajstić information content (AvgIpc) is 2.09. The molecule has 0 aliphatic rings. The van der Waals surface area contributed by atoms with Crippen LogP contribution in [0.5, 0.6) is 5.75 Å². The van der Waals surface area contributed by atoms with Crippen LogP contribution >= 0.6 is 22.9 Å². The van der Waals surface area contributed by atoms with Gasteiger partial charge in [0.25, 0.3) is 0 Å². The Morgan fingerprint density at radius 2 is 2.30 bits per heavy atom. The van der Waals surface area contributed by atoms with Gasteiger partial charge >= 0.3 is 0 Å². The van der Waals surface area contributed by atoms with E-state index in [1.54, 1.807) is 6.92 Å². The molecule has 0 spiro atoms. The molecule has 0 saturated carbocycles. The summed E-state index contributed by atoms with van der Waals surface area (Å²) in [6.07, 6.45) is 0. The molecule has 0 aliphatic carbocycles. The van der Waals surface area contributed by atoms with Gasteiger partial charge < -0.3 is 5.11 Å². The molecule has 4 heteroatoms. The molecule has 0 atom stereocenters. The zero-order chi connectivity index (χ0) is 7.72. The highest BCUT2D eigenvalue weighted by Gasteiger charge is 2.11. The van der Waals surface area contributed by atoms with Crippen molar-refractivity contribution < 1.29 is 5.11 Å². The van der Waals surface area contributed by atoms with Gasteiger partial charge in [0.15, 0.2) is 5.75 Å². The van der Waals surface area contributed by atoms with Gasteiger partial charge in [0.2, 0.25) is 0 Å². The van der Waals surface area contributed by atoms with Crippen molar-refractivity contribution in [3.05, 3.63) is 14.8 Å². The van der Waals surface area contributed by atoms with Gasteiger partial charge in [0, 0.05) is 4.88 Å². The topological polar surface area (TPSA) is 44.0 Å². The summed E-state index contributed by atoms with van der Waals surface area (Å²) < 4.78 is 0.286. The Morgan fingerprint density at radius 3 is 2.50 bits per heavy atom. The highest BCUT2D eigenvalue weighted by Crippen LogP contribution is 2.37. The predicted octanol–water partition coefficient (Wildman–Crippen LogP) is 2.29. The SMILES string of the molecule is Cc1sc(Cl)c(O)c1C#N. The molecule has 0 bridgehead atoms. The van der Waals surface area contributed by atoms with E-state index in [-0.39, 0.29) is 15.6 Å². The molecule has 2 nitrogen and oxygen atoms in total. The summed E-state index contributed by atoms with van der Waals surface area (Å²) in [7, 11) is 0. The van der Waals surface area contributed by atoms with Crippen LogP contribution in [0.2, 0.25) is 4.34 Å². The van der Waals surface area contributed by atoms with E-state index in [2.05, 4.69) is 0 Å². The lowest BCUT2D eigenvalue weighted by atomic mass is 10.3. The summed E-state index contributed by atoms with van der Waals surface area (Å²) in [5.74, 6) is -0.0910. The summed E-state index contributed by atoms with van der Waals surface area (Å²) in [6, 6.07) is 1.86. The molecular weight excluding hydrogens is 170 g/mol. The van der Waals surface area contributed by atoms with Crippen LogP contribution < -0.4 is 0 Å². The second-order valence-corrected chi connectivity index (χ2v) is 3.59. The van der Waals surface area contributed by atoms with Crippen LogP contribution in [0.3, 0.4) is 0 Å². The van der Waals surface area contributed by atoms with Gasteiger partial charge in [-0.15, -0.1) is 11.3 Å². The van der Waals surface area contributed by atoms with Gasteiger partial charge in [-0.2, -0.15) is 5.26 Å². The van der Waals surface area contributed by atoms with Gasteiger partial charge in [-0.05, 0) is 6.92 Å². The Balaban J connectivity index is 3.37. The normalized spacial score (nSPS) is 9.30. The van der Waals surface area contributed by atoms with Crippen molar-refractivity contribution in [3.8, 4) is 11.8 Å². The van der Waals surface area contributed by atoms with Crippen molar-refractivity contribution in [1.82, 2.24) is 0 Å². The fourth-order valence-corrected chi connectivity index (χ4v) is 1.78. The molecule has 0 unspecified atom stereocenters. The lowest BCUT2D eigenvalue weighted by Crippen LogP contribution is -1.70. The Morgan fingerprint density at radius 1 is 1.70 bits per heavy atom. The van der Waals surface area contributed by atoms with Crippen molar-refractivity contribution in [1.29, 1.82) is 5.26 Å². The molecule has 0 amide bonds. The van der Waals surface area contributed by atoms with E-state index in [0.717, 1.165) is 4.88 Å². The molecule has 1 N–H and O–H groups in total. The summed E-state index contributed by atoms with van der Waals surface area (Å²) in [5.41, 5.74) is 0.287. The fourth-order valence-electron chi connectivity index (χ4n) is 0.630. The third kappa shape index (κ3) is 0.962. The zero-order valence-electron chi connectivity index (χ0n) is 5.18. The number of rotatable bonds is 0. The van der Waals surface area contributed by atoms with E-state index in [4.69, 9.17) is 22.0 Å². The number of aryl methyl sites for hydroxylation is 1. The number of hydrogen-bond acceptors (Lipinski definition) is 3. The quantitative estimate of drug-likeness (QED) is 0.654. The number of thiophene rings is 1. The number of hydrogen-bond donors (Lipinski definition) is 1. The van der Waals surface area contributed by atoms with E-state index in [1.165, 1.54) is 11.3 Å². The van der Waals surface area contributed by atoms with Crippen LogP contribution in [0.4, 0.5) is 0 Å². The van der Waals surface area contributed by atoms with Crippen LogP contribution in [-0.4, -0.2) is 5.11 Å². The van der Waals surface area contributed by atoms with Gasteiger partial charge in [-0.1, -0.05) is 11.6 Å². The van der Waals surface area contributed by atoms with Crippen LogP contribution in [0, 0.1) is 18.3 Å². The highest BCUT2D eigenvalue weighted by atomic mass is 35.5. The summed E-state index contributed by atoms with van der Waals surface area (Å²) in [5, 5.41) is 17.5. The smallest absolute Gasteiger partial charge is 0.163 e. The molecule has 0 radical (unpaired) electrons. The molecule has 0 saturated heterocycles. The van der Waals surface area contributed by atoms with Crippen molar-refractivity contribution in [2.75, 3.05) is 0 Å². The first-order chi connectivity index (χ1) is 4.66. The molecule has 10 heavy (non-hydrogen) atoms. The van der Waals surface area contributed by atoms with Crippen LogP contribution in [-0.2, 0) is 0 Å². The number of nitriles is 1. The Labute approximate surface area is 67.3 Å². The highest BCUT2D eigenvalue weighted by molar-refractivity contribution is 7.16.